The zero-order valence-electron chi connectivity index (χ0n) is 21.4. The Morgan fingerprint density at radius 2 is 2.00 bits per heavy atom. The minimum Gasteiger partial charge on any atom is -0.332 e. The summed E-state index contributed by atoms with van der Waals surface area (Å²) < 4.78 is 0. The highest BCUT2D eigenvalue weighted by molar-refractivity contribution is 7.99. The van der Waals surface area contributed by atoms with Crippen LogP contribution in [-0.2, 0) is 9.59 Å². The molecular weight excluding hydrogens is 466 g/mol. The smallest absolute Gasteiger partial charge is 0.178 e. The van der Waals surface area contributed by atoms with Crippen molar-refractivity contribution in [2.75, 3.05) is 5.75 Å². The van der Waals surface area contributed by atoms with Crippen LogP contribution in [0, 0.1) is 54.3 Å². The molecule has 0 saturated heterocycles. The van der Waals surface area contributed by atoms with Gasteiger partial charge in [0.25, 0.3) is 0 Å². The number of thioether (sulfide) groups is 1. The highest BCUT2D eigenvalue weighted by Gasteiger charge is 2.59. The van der Waals surface area contributed by atoms with E-state index in [1.165, 1.54) is 17.3 Å². The average Bonchev–Trinajstić information content (AvgIpc) is 3.44. The molecule has 5 nitrogen and oxygen atoms in total. The molecule has 6 rings (SSSR count). The van der Waals surface area contributed by atoms with E-state index >= 15 is 0 Å². The lowest BCUT2D eigenvalue weighted by Crippen LogP contribution is -2.50. The number of hydrogen-bond acceptors (Lipinski definition) is 5. The molecule has 188 valence electrons. The minimum absolute atomic E-state index is 0.0176. The second kappa shape index (κ2) is 9.34. The van der Waals surface area contributed by atoms with E-state index < -0.39 is 0 Å². The average molecular weight is 502 g/mol. The lowest BCUT2D eigenvalue weighted by atomic mass is 9.47. The van der Waals surface area contributed by atoms with Gasteiger partial charge in [-0.05, 0) is 92.4 Å². The third-order valence-electron chi connectivity index (χ3n) is 9.75. The van der Waals surface area contributed by atoms with Crippen LogP contribution in [0.5, 0.6) is 0 Å². The molecule has 36 heavy (non-hydrogen) atoms. The summed E-state index contributed by atoms with van der Waals surface area (Å²) in [7, 11) is 0. The highest BCUT2D eigenvalue weighted by atomic mass is 32.2. The first-order valence-corrected chi connectivity index (χ1v) is 14.0. The molecule has 0 aliphatic heterocycles. The van der Waals surface area contributed by atoms with E-state index in [1.54, 1.807) is 6.08 Å². The fourth-order valence-electron chi connectivity index (χ4n) is 8.02. The Balaban J connectivity index is 0.00000130. The molecule has 3 saturated carbocycles. The molecule has 0 bridgehead atoms. The first kappa shape index (κ1) is 25.0. The standard InChI is InChI=1S/C28H33N3O2S.C2H2/c1-16-12-23-25(29-14-16)31-26(30-23)34-15-24(33)22-7-6-20-19-5-4-17-13-18(32)8-10-27(17,2)21(19)9-11-28(20,22)3;1-2/h8,10,12-14,19-22H,4-7,9,11,15H2,1-3H3,(H,29,30,31);1-2H. The molecule has 6 atom stereocenters. The SMILES string of the molecule is C#C.Cc1cnc2nc(SCC(=O)C3CCC4C5CCC6=CC(=O)C=CC6(C)C5CCC34C)[nH]c2c1. The Labute approximate surface area is 218 Å². The largest absolute Gasteiger partial charge is 0.332 e. The van der Waals surface area contributed by atoms with E-state index in [2.05, 4.69) is 47.7 Å². The number of imidazole rings is 1. The second-order valence-electron chi connectivity index (χ2n) is 11.5. The van der Waals surface area contributed by atoms with Gasteiger partial charge in [0.2, 0.25) is 0 Å². The summed E-state index contributed by atoms with van der Waals surface area (Å²) in [4.78, 5) is 37.8. The number of carbonyl (C=O) groups is 2. The van der Waals surface area contributed by atoms with Crippen LogP contribution in [-0.4, -0.2) is 32.3 Å². The lowest BCUT2D eigenvalue weighted by Gasteiger charge is -2.57. The monoisotopic (exact) mass is 501 g/mol. The summed E-state index contributed by atoms with van der Waals surface area (Å²) >= 11 is 1.52. The number of hydrogen-bond donors (Lipinski definition) is 1. The molecule has 0 aromatic carbocycles. The van der Waals surface area contributed by atoms with Gasteiger partial charge in [-0.15, -0.1) is 12.8 Å². The first-order chi connectivity index (χ1) is 17.3. The number of Topliss-reactive ketones (excluding diaryl/α,β-unsaturated/α-hetero) is 1. The number of nitrogens with zero attached hydrogens (tertiary/aromatic N) is 2. The number of pyridine rings is 1. The molecule has 0 amide bonds. The molecule has 3 fully saturated rings. The van der Waals surface area contributed by atoms with Gasteiger partial charge < -0.3 is 4.98 Å². The number of allylic oxidation sites excluding steroid dienone is 4. The molecule has 6 unspecified atom stereocenters. The van der Waals surface area contributed by atoms with Crippen molar-refractivity contribution in [2.45, 2.75) is 64.5 Å². The van der Waals surface area contributed by atoms with Gasteiger partial charge in [0.1, 0.15) is 5.78 Å². The number of aromatic amines is 1. The molecule has 1 N–H and O–H groups in total. The van der Waals surface area contributed by atoms with Crippen molar-refractivity contribution in [3.05, 3.63) is 41.6 Å². The van der Waals surface area contributed by atoms with E-state index in [9.17, 15) is 9.59 Å². The molecule has 0 spiro atoms. The Morgan fingerprint density at radius 3 is 2.81 bits per heavy atom. The molecule has 2 aromatic rings. The Hall–Kier alpha value is -2.65. The molecule has 2 aromatic heterocycles. The number of ketones is 2. The number of fused-ring (bicyclic) bond motifs is 6. The second-order valence-corrected chi connectivity index (χ2v) is 12.4. The Bertz CT molecular complexity index is 1290. The van der Waals surface area contributed by atoms with E-state index in [4.69, 9.17) is 0 Å². The number of nitrogens with one attached hydrogen (secondary N) is 1. The van der Waals surface area contributed by atoms with Gasteiger partial charge in [-0.25, -0.2) is 9.97 Å². The van der Waals surface area contributed by atoms with Gasteiger partial charge in [0, 0.05) is 17.5 Å². The molecular formula is C30H35N3O2S. The van der Waals surface area contributed by atoms with Crippen molar-refractivity contribution >= 4 is 34.5 Å². The van der Waals surface area contributed by atoms with Crippen molar-refractivity contribution in [2.24, 2.45) is 34.5 Å². The van der Waals surface area contributed by atoms with Crippen molar-refractivity contribution in [1.82, 2.24) is 15.0 Å². The summed E-state index contributed by atoms with van der Waals surface area (Å²) in [5.41, 5.74) is 4.19. The molecule has 4 aliphatic carbocycles. The van der Waals surface area contributed by atoms with Crippen LogP contribution in [0.4, 0.5) is 0 Å². The summed E-state index contributed by atoms with van der Waals surface area (Å²) in [6, 6.07) is 2.05. The molecule has 6 heteroatoms. The maximum absolute atomic E-state index is 13.5. The zero-order chi connectivity index (χ0) is 25.7. The quantitative estimate of drug-likeness (QED) is 0.405. The summed E-state index contributed by atoms with van der Waals surface area (Å²) in [6.45, 7) is 6.76. The first-order valence-electron chi connectivity index (χ1n) is 13.0. The summed E-state index contributed by atoms with van der Waals surface area (Å²) in [5.74, 6) is 2.97. The van der Waals surface area contributed by atoms with Gasteiger partial charge in [0.05, 0.1) is 11.3 Å². The summed E-state index contributed by atoms with van der Waals surface area (Å²) in [5, 5.41) is 0.781. The number of H-pyrrole nitrogens is 1. The normalized spacial score (nSPS) is 34.7. The molecule has 0 radical (unpaired) electrons. The van der Waals surface area contributed by atoms with Gasteiger partial charge in [-0.1, -0.05) is 37.3 Å². The lowest BCUT2D eigenvalue weighted by molar-refractivity contribution is -0.126. The van der Waals surface area contributed by atoms with Gasteiger partial charge in [-0.2, -0.15) is 0 Å². The van der Waals surface area contributed by atoms with Crippen molar-refractivity contribution < 1.29 is 9.59 Å². The highest BCUT2D eigenvalue weighted by Crippen LogP contribution is 2.66. The Morgan fingerprint density at radius 1 is 1.19 bits per heavy atom. The van der Waals surface area contributed by atoms with Crippen LogP contribution >= 0.6 is 11.8 Å². The van der Waals surface area contributed by atoms with Crippen LogP contribution in [0.1, 0.15) is 57.9 Å². The van der Waals surface area contributed by atoms with Crippen molar-refractivity contribution in [3.8, 4) is 12.8 Å². The third-order valence-corrected chi connectivity index (χ3v) is 10.6. The number of rotatable bonds is 4. The third kappa shape index (κ3) is 3.96. The zero-order valence-corrected chi connectivity index (χ0v) is 22.2. The van der Waals surface area contributed by atoms with Crippen LogP contribution in [0.15, 0.2) is 41.2 Å². The summed E-state index contributed by atoms with van der Waals surface area (Å²) in [6.07, 6.45) is 22.3. The predicted molar refractivity (Wildman–Crippen MR) is 144 cm³/mol. The van der Waals surface area contributed by atoms with Crippen LogP contribution < -0.4 is 0 Å². The van der Waals surface area contributed by atoms with Gasteiger partial charge >= 0.3 is 0 Å². The maximum Gasteiger partial charge on any atom is 0.178 e. The van der Waals surface area contributed by atoms with Crippen molar-refractivity contribution in [1.29, 1.82) is 0 Å². The molecule has 2 heterocycles. The number of carbonyl (C=O) groups excluding carboxylic acids is 2. The fraction of sp³-hybridized carbons (Fsp3) is 0.533. The molecule has 4 aliphatic rings. The van der Waals surface area contributed by atoms with Crippen LogP contribution in [0.3, 0.4) is 0 Å². The topological polar surface area (TPSA) is 75.7 Å². The minimum atomic E-state index is 0.0176. The van der Waals surface area contributed by atoms with E-state index in [-0.39, 0.29) is 22.5 Å². The Kier molecular flexibility index (Phi) is 6.49. The maximum atomic E-state index is 13.5. The van der Waals surface area contributed by atoms with E-state index in [1.807, 2.05) is 25.3 Å². The number of terminal acetylenes is 1. The van der Waals surface area contributed by atoms with Gasteiger partial charge in [0.15, 0.2) is 16.6 Å². The fourth-order valence-corrected chi connectivity index (χ4v) is 8.83. The predicted octanol–water partition coefficient (Wildman–Crippen LogP) is 6.10. The number of aromatic nitrogens is 3. The van der Waals surface area contributed by atoms with Crippen LogP contribution in [0.25, 0.3) is 11.2 Å². The van der Waals surface area contributed by atoms with E-state index in [0.29, 0.717) is 34.9 Å². The van der Waals surface area contributed by atoms with Gasteiger partial charge in [-0.3, -0.25) is 9.59 Å². The van der Waals surface area contributed by atoms with Crippen LogP contribution in [0.2, 0.25) is 0 Å². The number of aryl methyl sites for hydroxylation is 1. The van der Waals surface area contributed by atoms with E-state index in [0.717, 1.165) is 54.8 Å². The van der Waals surface area contributed by atoms with Crippen molar-refractivity contribution in [3.63, 3.8) is 0 Å².